The van der Waals surface area contributed by atoms with Crippen molar-refractivity contribution in [1.29, 1.82) is 0 Å². The van der Waals surface area contributed by atoms with Gasteiger partial charge in [-0.05, 0) is 19.3 Å². The monoisotopic (exact) mass is 275 g/mol. The van der Waals surface area contributed by atoms with E-state index in [4.69, 9.17) is 16.3 Å². The molecule has 0 aromatic carbocycles. The third-order valence-corrected chi connectivity index (χ3v) is 3.13. The van der Waals surface area contributed by atoms with E-state index >= 15 is 0 Å². The largest absolute Gasteiger partial charge is 0.476 e. The number of hydrogen-bond acceptors (Lipinski definition) is 5. The summed E-state index contributed by atoms with van der Waals surface area (Å²) in [6, 6.07) is 1.64. The number of ether oxygens (including phenoxy) is 1. The summed E-state index contributed by atoms with van der Waals surface area (Å²) in [5.74, 6) is 0.543. The van der Waals surface area contributed by atoms with E-state index in [2.05, 4.69) is 28.7 Å². The highest BCUT2D eigenvalue weighted by molar-refractivity contribution is 7.98. The van der Waals surface area contributed by atoms with E-state index in [1.807, 2.05) is 6.26 Å². The molecule has 1 aromatic rings. The van der Waals surface area contributed by atoms with Crippen LogP contribution in [0.25, 0.3) is 0 Å². The average Bonchev–Trinajstić information content (AvgIpc) is 2.34. The van der Waals surface area contributed by atoms with Crippen molar-refractivity contribution in [2.45, 2.75) is 19.0 Å². The predicted molar refractivity (Wildman–Crippen MR) is 72.1 cm³/mol. The molecular formula is C11H18ClN3OS. The molecule has 0 unspecified atom stereocenters. The minimum absolute atomic E-state index is 0.419. The zero-order valence-corrected chi connectivity index (χ0v) is 12.0. The first kappa shape index (κ1) is 14.5. The first-order valence-electron chi connectivity index (χ1n) is 5.63. The fourth-order valence-corrected chi connectivity index (χ4v) is 1.96. The third-order valence-electron chi connectivity index (χ3n) is 2.39. The molecule has 0 fully saturated rings. The maximum Gasteiger partial charge on any atom is 0.218 e. The summed E-state index contributed by atoms with van der Waals surface area (Å²) in [5, 5.41) is 1.05. The molecule has 96 valence electrons. The number of thioether (sulfide) groups is 1. The van der Waals surface area contributed by atoms with Gasteiger partial charge in [-0.15, -0.1) is 0 Å². The summed E-state index contributed by atoms with van der Waals surface area (Å²) in [4.78, 5) is 10.6. The first-order chi connectivity index (χ1) is 8.19. The molecule has 1 aromatic heterocycles. The Labute approximate surface area is 112 Å². The quantitative estimate of drug-likeness (QED) is 0.434. The Bertz CT molecular complexity index is 347. The number of likely N-dealkylation sites (N-methyl/N-ethyl adjacent to an activating group) is 1. The normalized spacial score (nSPS) is 10.9. The average molecular weight is 276 g/mol. The van der Waals surface area contributed by atoms with Gasteiger partial charge in [0, 0.05) is 12.6 Å². The van der Waals surface area contributed by atoms with E-state index in [9.17, 15) is 0 Å². The fraction of sp³-hybridized carbons (Fsp3) is 0.636. The van der Waals surface area contributed by atoms with Crippen molar-refractivity contribution < 1.29 is 4.74 Å². The standard InChI is InChI=1S/C11H18ClN3OS/c1-4-15(5-2)6-7-16-10-8-9(12)13-11(14-10)17-3/h8H,4-7H2,1-3H3. The molecule has 0 aliphatic carbocycles. The molecule has 0 atom stereocenters. The summed E-state index contributed by atoms with van der Waals surface area (Å²) >= 11 is 7.32. The van der Waals surface area contributed by atoms with Crippen LogP contribution in [0.3, 0.4) is 0 Å². The molecule has 0 aliphatic rings. The number of nitrogens with zero attached hydrogens (tertiary/aromatic N) is 3. The van der Waals surface area contributed by atoms with Crippen LogP contribution in [0.2, 0.25) is 5.15 Å². The molecule has 4 nitrogen and oxygen atoms in total. The Balaban J connectivity index is 2.48. The second-order valence-corrected chi connectivity index (χ2v) is 4.55. The van der Waals surface area contributed by atoms with Crippen molar-refractivity contribution in [2.24, 2.45) is 0 Å². The second-order valence-electron chi connectivity index (χ2n) is 3.39. The van der Waals surface area contributed by atoms with Crippen molar-refractivity contribution in [3.8, 4) is 5.88 Å². The molecule has 0 saturated carbocycles. The third kappa shape index (κ3) is 5.10. The fourth-order valence-electron chi connectivity index (χ4n) is 1.36. The van der Waals surface area contributed by atoms with Gasteiger partial charge >= 0.3 is 0 Å². The predicted octanol–water partition coefficient (Wildman–Crippen LogP) is 2.57. The van der Waals surface area contributed by atoms with Crippen molar-refractivity contribution in [3.05, 3.63) is 11.2 Å². The molecule has 0 bridgehead atoms. The summed E-state index contributed by atoms with van der Waals surface area (Å²) in [7, 11) is 0. The van der Waals surface area contributed by atoms with Gasteiger partial charge in [-0.3, -0.25) is 0 Å². The van der Waals surface area contributed by atoms with Gasteiger partial charge in [-0.2, -0.15) is 4.98 Å². The van der Waals surface area contributed by atoms with Crippen LogP contribution in [0.5, 0.6) is 5.88 Å². The van der Waals surface area contributed by atoms with Gasteiger partial charge in [0.25, 0.3) is 0 Å². The van der Waals surface area contributed by atoms with Crippen molar-refractivity contribution in [2.75, 3.05) is 32.5 Å². The van der Waals surface area contributed by atoms with Gasteiger partial charge < -0.3 is 9.64 Å². The highest BCUT2D eigenvalue weighted by Gasteiger charge is 2.04. The van der Waals surface area contributed by atoms with Gasteiger partial charge in [0.05, 0.1) is 0 Å². The van der Waals surface area contributed by atoms with Crippen molar-refractivity contribution in [3.63, 3.8) is 0 Å². The molecule has 0 amide bonds. The molecule has 17 heavy (non-hydrogen) atoms. The van der Waals surface area contributed by atoms with E-state index in [1.54, 1.807) is 6.07 Å². The summed E-state index contributed by atoms with van der Waals surface area (Å²) in [6.07, 6.45) is 1.91. The van der Waals surface area contributed by atoms with Gasteiger partial charge in [0.1, 0.15) is 11.8 Å². The Morgan fingerprint density at radius 1 is 1.35 bits per heavy atom. The van der Waals surface area contributed by atoms with Crippen molar-refractivity contribution >= 4 is 23.4 Å². The Morgan fingerprint density at radius 2 is 2.06 bits per heavy atom. The van der Waals surface area contributed by atoms with E-state index in [0.717, 1.165) is 19.6 Å². The molecule has 0 radical (unpaired) electrons. The Morgan fingerprint density at radius 3 is 2.65 bits per heavy atom. The molecule has 1 heterocycles. The second kappa shape index (κ2) is 7.74. The Hall–Kier alpha value is -0.520. The van der Waals surface area contributed by atoms with E-state index in [0.29, 0.717) is 22.8 Å². The topological polar surface area (TPSA) is 38.2 Å². The minimum Gasteiger partial charge on any atom is -0.476 e. The smallest absolute Gasteiger partial charge is 0.218 e. The number of halogens is 1. The molecule has 0 N–H and O–H groups in total. The Kier molecular flexibility index (Phi) is 6.62. The van der Waals surface area contributed by atoms with Crippen LogP contribution in [-0.2, 0) is 0 Å². The zero-order chi connectivity index (χ0) is 12.7. The number of aromatic nitrogens is 2. The zero-order valence-electron chi connectivity index (χ0n) is 10.4. The lowest BCUT2D eigenvalue weighted by Crippen LogP contribution is -2.28. The van der Waals surface area contributed by atoms with Gasteiger partial charge in [0.2, 0.25) is 5.88 Å². The first-order valence-corrected chi connectivity index (χ1v) is 7.23. The van der Waals surface area contributed by atoms with E-state index < -0.39 is 0 Å². The summed E-state index contributed by atoms with van der Waals surface area (Å²) in [5.41, 5.74) is 0. The van der Waals surface area contributed by atoms with Crippen LogP contribution < -0.4 is 4.74 Å². The molecule has 6 heteroatoms. The van der Waals surface area contributed by atoms with Crippen LogP contribution in [-0.4, -0.2) is 47.4 Å². The molecule has 1 rings (SSSR count). The van der Waals surface area contributed by atoms with Crippen LogP contribution in [0, 0.1) is 0 Å². The highest BCUT2D eigenvalue weighted by Crippen LogP contribution is 2.18. The minimum atomic E-state index is 0.419. The van der Waals surface area contributed by atoms with Gasteiger partial charge in [-0.1, -0.05) is 37.2 Å². The molecule has 0 saturated heterocycles. The maximum absolute atomic E-state index is 5.87. The number of hydrogen-bond donors (Lipinski definition) is 0. The van der Waals surface area contributed by atoms with Crippen molar-refractivity contribution in [1.82, 2.24) is 14.9 Å². The van der Waals surface area contributed by atoms with E-state index in [1.165, 1.54) is 11.8 Å². The lowest BCUT2D eigenvalue weighted by molar-refractivity contribution is 0.217. The number of rotatable bonds is 7. The van der Waals surface area contributed by atoms with Crippen LogP contribution in [0.1, 0.15) is 13.8 Å². The SMILES string of the molecule is CCN(CC)CCOc1cc(Cl)nc(SC)n1. The lowest BCUT2D eigenvalue weighted by atomic mass is 10.5. The summed E-state index contributed by atoms with van der Waals surface area (Å²) < 4.78 is 5.57. The van der Waals surface area contributed by atoms with Gasteiger partial charge in [0.15, 0.2) is 5.16 Å². The van der Waals surface area contributed by atoms with Crippen LogP contribution in [0.15, 0.2) is 11.2 Å². The molecule has 0 aliphatic heterocycles. The van der Waals surface area contributed by atoms with Crippen LogP contribution >= 0.6 is 23.4 Å². The van der Waals surface area contributed by atoms with E-state index in [-0.39, 0.29) is 0 Å². The van der Waals surface area contributed by atoms with Gasteiger partial charge in [-0.25, -0.2) is 4.98 Å². The summed E-state index contributed by atoms with van der Waals surface area (Å²) in [6.45, 7) is 7.83. The molecule has 0 spiro atoms. The molecular weight excluding hydrogens is 258 g/mol. The highest BCUT2D eigenvalue weighted by atomic mass is 35.5. The maximum atomic E-state index is 5.87. The lowest BCUT2D eigenvalue weighted by Gasteiger charge is -2.17. The van der Waals surface area contributed by atoms with Crippen LogP contribution in [0.4, 0.5) is 0 Å².